The Labute approximate surface area is 181 Å². The van der Waals surface area contributed by atoms with E-state index in [1.54, 1.807) is 18.2 Å². The average Bonchev–Trinajstić information content (AvgIpc) is 2.75. The molecule has 1 amide bonds. The Balaban J connectivity index is 1.62. The van der Waals surface area contributed by atoms with E-state index in [4.69, 9.17) is 4.74 Å². The molecule has 9 heteroatoms. The van der Waals surface area contributed by atoms with Gasteiger partial charge in [-0.1, -0.05) is 26.0 Å². The van der Waals surface area contributed by atoms with Gasteiger partial charge in [0.25, 0.3) is 0 Å². The van der Waals surface area contributed by atoms with Crippen molar-refractivity contribution in [2.24, 2.45) is 11.8 Å². The van der Waals surface area contributed by atoms with Gasteiger partial charge in [0.05, 0.1) is 17.2 Å². The molecule has 1 saturated heterocycles. The Morgan fingerprint density at radius 3 is 2.45 bits per heavy atom. The zero-order valence-corrected chi connectivity index (χ0v) is 18.3. The SMILES string of the molecule is CC(C)COc1ccccc1NC(=O)C1CCN(S(=O)(=O)c2ccc(F)c(F)c2)CC1. The molecule has 31 heavy (non-hydrogen) atoms. The lowest BCUT2D eigenvalue weighted by Crippen LogP contribution is -2.41. The number of benzene rings is 2. The van der Waals surface area contributed by atoms with Crippen LogP contribution in [0.2, 0.25) is 0 Å². The van der Waals surface area contributed by atoms with Crippen molar-refractivity contribution < 1.29 is 26.7 Å². The Morgan fingerprint density at radius 1 is 1.13 bits per heavy atom. The minimum atomic E-state index is -3.96. The van der Waals surface area contributed by atoms with Gasteiger partial charge < -0.3 is 10.1 Å². The molecule has 6 nitrogen and oxygen atoms in total. The van der Waals surface area contributed by atoms with E-state index >= 15 is 0 Å². The zero-order valence-electron chi connectivity index (χ0n) is 17.5. The summed E-state index contributed by atoms with van der Waals surface area (Å²) in [6.45, 7) is 4.82. The van der Waals surface area contributed by atoms with Crippen LogP contribution in [0.25, 0.3) is 0 Å². The molecule has 0 aliphatic carbocycles. The Kier molecular flexibility index (Phi) is 7.27. The van der Waals surface area contributed by atoms with Crippen LogP contribution >= 0.6 is 0 Å². The van der Waals surface area contributed by atoms with Gasteiger partial charge in [-0.05, 0) is 49.1 Å². The maximum absolute atomic E-state index is 13.5. The predicted molar refractivity (Wildman–Crippen MR) is 113 cm³/mol. The fraction of sp³-hybridized carbons (Fsp3) is 0.409. The average molecular weight is 453 g/mol. The highest BCUT2D eigenvalue weighted by Gasteiger charge is 2.32. The van der Waals surface area contributed by atoms with Crippen LogP contribution in [0.4, 0.5) is 14.5 Å². The number of ether oxygens (including phenoxy) is 1. The van der Waals surface area contributed by atoms with Gasteiger partial charge in [0, 0.05) is 19.0 Å². The standard InChI is InChI=1S/C22H26F2N2O4S/c1-15(2)14-30-21-6-4-3-5-20(21)25-22(27)16-9-11-26(12-10-16)31(28,29)17-7-8-18(23)19(24)13-17/h3-8,13,15-16H,9-12,14H2,1-2H3,(H,25,27). The number of nitrogens with one attached hydrogen (secondary N) is 1. The van der Waals surface area contributed by atoms with E-state index in [0.717, 1.165) is 12.1 Å². The topological polar surface area (TPSA) is 75.7 Å². The highest BCUT2D eigenvalue weighted by Crippen LogP contribution is 2.28. The molecule has 0 aromatic heterocycles. The summed E-state index contributed by atoms with van der Waals surface area (Å²) in [6, 6.07) is 9.69. The number of rotatable bonds is 7. The monoisotopic (exact) mass is 452 g/mol. The summed E-state index contributed by atoms with van der Waals surface area (Å²) < 4.78 is 59.0. The molecule has 1 aliphatic heterocycles. The van der Waals surface area contributed by atoms with Crippen molar-refractivity contribution in [1.82, 2.24) is 4.31 Å². The highest BCUT2D eigenvalue weighted by molar-refractivity contribution is 7.89. The second-order valence-electron chi connectivity index (χ2n) is 7.94. The van der Waals surface area contributed by atoms with Crippen molar-refractivity contribution in [2.75, 3.05) is 25.0 Å². The summed E-state index contributed by atoms with van der Waals surface area (Å²) in [5.74, 6) is -1.96. The number of anilines is 1. The van der Waals surface area contributed by atoms with Crippen molar-refractivity contribution in [3.63, 3.8) is 0 Å². The molecule has 1 aliphatic rings. The van der Waals surface area contributed by atoms with Crippen LogP contribution in [0.3, 0.4) is 0 Å². The lowest BCUT2D eigenvalue weighted by atomic mass is 9.97. The first-order chi connectivity index (χ1) is 14.7. The third kappa shape index (κ3) is 5.59. The second-order valence-corrected chi connectivity index (χ2v) is 9.88. The number of amides is 1. The second kappa shape index (κ2) is 9.74. The number of hydrogen-bond donors (Lipinski definition) is 1. The van der Waals surface area contributed by atoms with E-state index in [1.807, 2.05) is 19.9 Å². The van der Waals surface area contributed by atoms with Crippen LogP contribution < -0.4 is 10.1 Å². The van der Waals surface area contributed by atoms with E-state index in [0.29, 0.717) is 42.9 Å². The normalized spacial score (nSPS) is 15.8. The predicted octanol–water partition coefficient (Wildman–Crippen LogP) is 4.04. The van der Waals surface area contributed by atoms with E-state index in [9.17, 15) is 22.0 Å². The number of sulfonamides is 1. The van der Waals surface area contributed by atoms with Crippen LogP contribution in [0.15, 0.2) is 47.4 Å². The van der Waals surface area contributed by atoms with Gasteiger partial charge >= 0.3 is 0 Å². The number of nitrogens with zero attached hydrogens (tertiary/aromatic N) is 1. The molecule has 1 fully saturated rings. The molecule has 1 heterocycles. The number of carbonyl (C=O) groups is 1. The summed E-state index contributed by atoms with van der Waals surface area (Å²) in [6.07, 6.45) is 0.646. The number of hydrogen-bond acceptors (Lipinski definition) is 4. The minimum absolute atomic E-state index is 0.116. The van der Waals surface area contributed by atoms with E-state index in [2.05, 4.69) is 5.32 Å². The Hall–Kier alpha value is -2.52. The quantitative estimate of drug-likeness (QED) is 0.688. The van der Waals surface area contributed by atoms with Crippen LogP contribution in [-0.2, 0) is 14.8 Å². The van der Waals surface area contributed by atoms with Crippen molar-refractivity contribution in [1.29, 1.82) is 0 Å². The first kappa shape index (κ1) is 23.1. The first-order valence-corrected chi connectivity index (χ1v) is 11.6. The summed E-state index contributed by atoms with van der Waals surface area (Å²) in [5, 5.41) is 2.88. The fourth-order valence-electron chi connectivity index (χ4n) is 3.33. The third-order valence-electron chi connectivity index (χ3n) is 5.07. The number of carbonyl (C=O) groups excluding carboxylic acids is 1. The zero-order chi connectivity index (χ0) is 22.6. The van der Waals surface area contributed by atoms with Crippen LogP contribution in [0, 0.1) is 23.5 Å². The van der Waals surface area contributed by atoms with E-state index in [1.165, 1.54) is 4.31 Å². The number of piperidine rings is 1. The molecule has 0 atom stereocenters. The molecule has 0 unspecified atom stereocenters. The summed E-state index contributed by atoms with van der Waals surface area (Å²) in [5.41, 5.74) is 0.574. The van der Waals surface area contributed by atoms with E-state index < -0.39 is 21.7 Å². The lowest BCUT2D eigenvalue weighted by molar-refractivity contribution is -0.120. The molecule has 0 saturated carbocycles. The van der Waals surface area contributed by atoms with Gasteiger partial charge in [-0.25, -0.2) is 17.2 Å². The molecular formula is C22H26F2N2O4S. The van der Waals surface area contributed by atoms with Gasteiger partial charge in [0.2, 0.25) is 15.9 Å². The molecule has 0 bridgehead atoms. The van der Waals surface area contributed by atoms with Crippen molar-refractivity contribution in [3.05, 3.63) is 54.1 Å². The molecule has 2 aromatic rings. The Bertz CT molecular complexity index is 1040. The van der Waals surface area contributed by atoms with Crippen LogP contribution in [0.5, 0.6) is 5.75 Å². The van der Waals surface area contributed by atoms with Crippen molar-refractivity contribution >= 4 is 21.6 Å². The summed E-state index contributed by atoms with van der Waals surface area (Å²) >= 11 is 0. The van der Waals surface area contributed by atoms with Gasteiger partial charge in [0.1, 0.15) is 5.75 Å². The molecule has 0 radical (unpaired) electrons. The van der Waals surface area contributed by atoms with E-state index in [-0.39, 0.29) is 29.8 Å². The molecule has 0 spiro atoms. The summed E-state index contributed by atoms with van der Waals surface area (Å²) in [4.78, 5) is 12.4. The van der Waals surface area contributed by atoms with Gasteiger partial charge in [-0.15, -0.1) is 0 Å². The molecular weight excluding hydrogens is 426 g/mol. The smallest absolute Gasteiger partial charge is 0.243 e. The number of para-hydroxylation sites is 2. The molecule has 1 N–H and O–H groups in total. The molecule has 3 rings (SSSR count). The van der Waals surface area contributed by atoms with Crippen molar-refractivity contribution in [3.8, 4) is 5.75 Å². The largest absolute Gasteiger partial charge is 0.491 e. The maximum Gasteiger partial charge on any atom is 0.243 e. The fourth-order valence-corrected chi connectivity index (χ4v) is 4.81. The van der Waals surface area contributed by atoms with Crippen LogP contribution in [0.1, 0.15) is 26.7 Å². The van der Waals surface area contributed by atoms with Crippen molar-refractivity contribution in [2.45, 2.75) is 31.6 Å². The van der Waals surface area contributed by atoms with Gasteiger partial charge in [0.15, 0.2) is 11.6 Å². The lowest BCUT2D eigenvalue weighted by Gasteiger charge is -2.30. The van der Waals surface area contributed by atoms with Gasteiger partial charge in [-0.2, -0.15) is 4.31 Å². The molecule has 168 valence electrons. The van der Waals surface area contributed by atoms with Crippen LogP contribution in [-0.4, -0.2) is 38.3 Å². The first-order valence-electron chi connectivity index (χ1n) is 10.2. The number of halogens is 2. The Morgan fingerprint density at radius 2 is 1.81 bits per heavy atom. The molecule has 2 aromatic carbocycles. The van der Waals surface area contributed by atoms with Gasteiger partial charge in [-0.3, -0.25) is 4.79 Å². The minimum Gasteiger partial charge on any atom is -0.491 e. The highest BCUT2D eigenvalue weighted by atomic mass is 32.2. The third-order valence-corrected chi connectivity index (χ3v) is 6.97. The summed E-state index contributed by atoms with van der Waals surface area (Å²) in [7, 11) is -3.96. The maximum atomic E-state index is 13.5.